The zero-order chi connectivity index (χ0) is 17.1. The summed E-state index contributed by atoms with van der Waals surface area (Å²) in [6.45, 7) is 6.95. The Hall–Kier alpha value is -2.75. The average molecular weight is 323 g/mol. The maximum Gasteiger partial charge on any atom is 0.226 e. The summed E-state index contributed by atoms with van der Waals surface area (Å²) in [6.07, 6.45) is 1.91. The maximum atomic E-state index is 12.2. The minimum Gasteiger partial charge on any atom is -0.504 e. The molecule has 1 N–H and O–H groups in total. The fourth-order valence-electron chi connectivity index (χ4n) is 3.02. The Bertz CT molecular complexity index is 782. The normalized spacial score (nSPS) is 13.6. The third kappa shape index (κ3) is 3.13. The number of amides is 1. The molecule has 0 aliphatic carbocycles. The van der Waals surface area contributed by atoms with E-state index in [1.54, 1.807) is 17.0 Å². The lowest BCUT2D eigenvalue weighted by Gasteiger charge is -2.19. The van der Waals surface area contributed by atoms with Crippen LogP contribution in [-0.4, -0.2) is 29.1 Å². The number of fused-ring (bicyclic) bond motifs is 1. The van der Waals surface area contributed by atoms with Crippen LogP contribution in [-0.2, 0) is 11.3 Å². The van der Waals surface area contributed by atoms with Crippen molar-refractivity contribution in [3.8, 4) is 22.6 Å². The summed E-state index contributed by atoms with van der Waals surface area (Å²) in [5.41, 5.74) is 3.93. The van der Waals surface area contributed by atoms with E-state index >= 15 is 0 Å². The minimum atomic E-state index is 0.0160. The molecule has 0 unspecified atom stereocenters. The molecule has 4 nitrogen and oxygen atoms in total. The van der Waals surface area contributed by atoms with Crippen molar-refractivity contribution in [1.82, 2.24) is 4.90 Å². The molecule has 1 aliphatic heterocycles. The molecule has 1 amide bonds. The second-order valence-corrected chi connectivity index (χ2v) is 5.96. The largest absolute Gasteiger partial charge is 0.504 e. The number of hydrogen-bond donors (Lipinski definition) is 1. The van der Waals surface area contributed by atoms with E-state index in [-0.39, 0.29) is 11.7 Å². The first-order valence-corrected chi connectivity index (χ1v) is 8.03. The summed E-state index contributed by atoms with van der Waals surface area (Å²) in [5, 5.41) is 10.4. The van der Waals surface area contributed by atoms with E-state index < -0.39 is 0 Å². The molecule has 4 heteroatoms. The Kier molecular flexibility index (Phi) is 4.56. The summed E-state index contributed by atoms with van der Waals surface area (Å²) in [7, 11) is 0. The molecular weight excluding hydrogens is 302 g/mol. The molecule has 0 spiro atoms. The van der Waals surface area contributed by atoms with E-state index in [1.165, 1.54) is 0 Å². The average Bonchev–Trinajstić information content (AvgIpc) is 2.78. The monoisotopic (exact) mass is 323 g/mol. The van der Waals surface area contributed by atoms with Gasteiger partial charge in [0.15, 0.2) is 11.5 Å². The number of carbonyl (C=O) groups is 1. The van der Waals surface area contributed by atoms with Crippen molar-refractivity contribution in [2.45, 2.75) is 19.9 Å². The molecule has 2 aromatic rings. The summed E-state index contributed by atoms with van der Waals surface area (Å²) >= 11 is 0. The lowest BCUT2D eigenvalue weighted by molar-refractivity contribution is -0.131. The number of ether oxygens (including phenoxy) is 1. The molecule has 24 heavy (non-hydrogen) atoms. The predicted octanol–water partition coefficient (Wildman–Crippen LogP) is 3.66. The lowest BCUT2D eigenvalue weighted by atomic mass is 9.98. The smallest absolute Gasteiger partial charge is 0.226 e. The number of carbonyl (C=O) groups excluding carboxylic acids is 1. The van der Waals surface area contributed by atoms with Gasteiger partial charge in [0.1, 0.15) is 6.61 Å². The van der Waals surface area contributed by atoms with Crippen molar-refractivity contribution in [2.24, 2.45) is 0 Å². The van der Waals surface area contributed by atoms with E-state index in [0.29, 0.717) is 31.9 Å². The second-order valence-electron chi connectivity index (χ2n) is 5.96. The highest BCUT2D eigenvalue weighted by Gasteiger charge is 2.22. The summed E-state index contributed by atoms with van der Waals surface area (Å²) < 4.78 is 5.69. The fourth-order valence-corrected chi connectivity index (χ4v) is 3.02. The first kappa shape index (κ1) is 16.1. The van der Waals surface area contributed by atoms with Gasteiger partial charge in [-0.25, -0.2) is 0 Å². The molecule has 2 aromatic carbocycles. The molecule has 0 saturated heterocycles. The summed E-state index contributed by atoms with van der Waals surface area (Å²) in [5.74, 6) is 0.604. The number of phenols is 1. The molecule has 3 rings (SSSR count). The Balaban J connectivity index is 2.01. The van der Waals surface area contributed by atoms with E-state index in [1.807, 2.05) is 37.3 Å². The SMILES string of the molecule is C=CCC(=O)N1CCOc2c(O)cc(-c3ccccc3C)cc2C1. The van der Waals surface area contributed by atoms with Gasteiger partial charge in [0.2, 0.25) is 5.91 Å². The van der Waals surface area contributed by atoms with Gasteiger partial charge in [-0.3, -0.25) is 4.79 Å². The molecule has 0 bridgehead atoms. The van der Waals surface area contributed by atoms with Gasteiger partial charge >= 0.3 is 0 Å². The molecule has 0 fully saturated rings. The van der Waals surface area contributed by atoms with Crippen LogP contribution >= 0.6 is 0 Å². The Labute approximate surface area is 142 Å². The number of aromatic hydroxyl groups is 1. The van der Waals surface area contributed by atoms with Gasteiger partial charge in [0, 0.05) is 18.5 Å². The van der Waals surface area contributed by atoms with Gasteiger partial charge < -0.3 is 14.7 Å². The standard InChI is InChI=1S/C20H21NO3/c1-3-6-19(23)21-9-10-24-20-16(13-21)11-15(12-18(20)22)17-8-5-4-7-14(17)2/h3-5,7-8,11-12,22H,1,6,9-10,13H2,2H3. The van der Waals surface area contributed by atoms with Crippen molar-refractivity contribution < 1.29 is 14.6 Å². The Morgan fingerprint density at radius 2 is 2.17 bits per heavy atom. The fraction of sp³-hybridized carbons (Fsp3) is 0.250. The number of phenolic OH excluding ortho intramolecular Hbond substituents is 1. The molecule has 0 aromatic heterocycles. The molecule has 1 aliphatic rings. The van der Waals surface area contributed by atoms with Gasteiger partial charge in [-0.05, 0) is 35.7 Å². The van der Waals surface area contributed by atoms with E-state index in [2.05, 4.69) is 6.58 Å². The van der Waals surface area contributed by atoms with Crippen molar-refractivity contribution in [3.63, 3.8) is 0 Å². The minimum absolute atomic E-state index is 0.0160. The highest BCUT2D eigenvalue weighted by molar-refractivity contribution is 5.78. The van der Waals surface area contributed by atoms with Gasteiger partial charge in [-0.2, -0.15) is 0 Å². The van der Waals surface area contributed by atoms with Crippen molar-refractivity contribution >= 4 is 5.91 Å². The van der Waals surface area contributed by atoms with E-state index in [4.69, 9.17) is 4.74 Å². The van der Waals surface area contributed by atoms with Crippen molar-refractivity contribution in [2.75, 3.05) is 13.2 Å². The number of rotatable bonds is 3. The Morgan fingerprint density at radius 1 is 1.38 bits per heavy atom. The third-order valence-electron chi connectivity index (χ3n) is 4.24. The molecule has 0 atom stereocenters. The highest BCUT2D eigenvalue weighted by Crippen LogP contribution is 2.38. The first-order chi connectivity index (χ1) is 11.6. The van der Waals surface area contributed by atoms with Gasteiger partial charge in [-0.1, -0.05) is 30.3 Å². The number of benzene rings is 2. The van der Waals surface area contributed by atoms with Crippen LogP contribution in [0.25, 0.3) is 11.1 Å². The Morgan fingerprint density at radius 3 is 2.92 bits per heavy atom. The van der Waals surface area contributed by atoms with Gasteiger partial charge in [-0.15, -0.1) is 6.58 Å². The molecule has 0 saturated carbocycles. The van der Waals surface area contributed by atoms with Crippen LogP contribution in [0.5, 0.6) is 11.5 Å². The maximum absolute atomic E-state index is 12.2. The van der Waals surface area contributed by atoms with Crippen LogP contribution in [0.3, 0.4) is 0 Å². The zero-order valence-electron chi connectivity index (χ0n) is 13.8. The highest BCUT2D eigenvalue weighted by atomic mass is 16.5. The van der Waals surface area contributed by atoms with Crippen LogP contribution in [0.1, 0.15) is 17.5 Å². The van der Waals surface area contributed by atoms with Crippen LogP contribution in [0.2, 0.25) is 0 Å². The predicted molar refractivity (Wildman–Crippen MR) is 94.0 cm³/mol. The molecule has 0 radical (unpaired) electrons. The van der Waals surface area contributed by atoms with Crippen LogP contribution in [0.15, 0.2) is 49.1 Å². The van der Waals surface area contributed by atoms with E-state index in [9.17, 15) is 9.90 Å². The van der Waals surface area contributed by atoms with Crippen LogP contribution in [0, 0.1) is 6.92 Å². The van der Waals surface area contributed by atoms with Crippen LogP contribution in [0.4, 0.5) is 0 Å². The number of hydrogen-bond acceptors (Lipinski definition) is 3. The quantitative estimate of drug-likeness (QED) is 0.877. The third-order valence-corrected chi connectivity index (χ3v) is 4.24. The summed E-state index contributed by atoms with van der Waals surface area (Å²) in [6, 6.07) is 11.7. The molecular formula is C20H21NO3. The topological polar surface area (TPSA) is 49.8 Å². The molecule has 1 heterocycles. The number of aryl methyl sites for hydroxylation is 1. The van der Waals surface area contributed by atoms with E-state index in [0.717, 1.165) is 22.3 Å². The second kappa shape index (κ2) is 6.79. The van der Waals surface area contributed by atoms with Gasteiger partial charge in [0.05, 0.1) is 6.54 Å². The zero-order valence-corrected chi connectivity index (χ0v) is 13.8. The van der Waals surface area contributed by atoms with Crippen molar-refractivity contribution in [1.29, 1.82) is 0 Å². The van der Waals surface area contributed by atoms with Gasteiger partial charge in [0.25, 0.3) is 0 Å². The number of nitrogens with zero attached hydrogens (tertiary/aromatic N) is 1. The molecule has 124 valence electrons. The van der Waals surface area contributed by atoms with Crippen molar-refractivity contribution in [3.05, 3.63) is 60.2 Å². The van der Waals surface area contributed by atoms with Crippen LogP contribution < -0.4 is 4.74 Å². The first-order valence-electron chi connectivity index (χ1n) is 8.03. The summed E-state index contributed by atoms with van der Waals surface area (Å²) in [4.78, 5) is 13.9. The lowest BCUT2D eigenvalue weighted by Crippen LogP contribution is -2.31.